The molecule has 0 heteroatoms. The summed E-state index contributed by atoms with van der Waals surface area (Å²) in [4.78, 5) is 0. The zero-order valence-corrected chi connectivity index (χ0v) is 95.0. The molecule has 0 spiro atoms. The van der Waals surface area contributed by atoms with Gasteiger partial charge in [-0.15, -0.1) is 0 Å². The van der Waals surface area contributed by atoms with Gasteiger partial charge in [0, 0.05) is 0 Å². The van der Waals surface area contributed by atoms with Gasteiger partial charge in [0.15, 0.2) is 0 Å². The maximum atomic E-state index is 2.25. The Hall–Kier alpha value is -11.7. The summed E-state index contributed by atoms with van der Waals surface area (Å²) in [5, 5.41) is 0. The highest BCUT2D eigenvalue weighted by atomic mass is 14.1. The van der Waals surface area contributed by atoms with Crippen LogP contribution in [0.5, 0.6) is 0 Å². The Kier molecular flexibility index (Phi) is 116. The maximum absolute atomic E-state index is 2.25. The van der Waals surface area contributed by atoms with Gasteiger partial charge in [0.05, 0.1) is 0 Å². The molecule has 135 heavy (non-hydrogen) atoms. The topological polar surface area (TPSA) is 0 Å². The van der Waals surface area contributed by atoms with Crippen molar-refractivity contribution in [1.29, 1.82) is 0 Å². The largest absolute Gasteiger partial charge is 0.0683 e. The van der Waals surface area contributed by atoms with Crippen LogP contribution < -0.4 is 0 Å². The van der Waals surface area contributed by atoms with Gasteiger partial charge in [0.1, 0.15) is 0 Å². The lowest BCUT2D eigenvalue weighted by atomic mass is 9.94. The van der Waals surface area contributed by atoms with Crippen LogP contribution in [-0.2, 0) is 0 Å². The van der Waals surface area contributed by atoms with Gasteiger partial charge in [-0.1, -0.05) is 687 Å². The van der Waals surface area contributed by atoms with Crippen molar-refractivity contribution in [2.45, 2.75) is 312 Å². The van der Waals surface area contributed by atoms with Crippen LogP contribution in [0.2, 0.25) is 0 Å². The summed E-state index contributed by atoms with van der Waals surface area (Å²) in [5.74, 6) is 0. The molecule has 0 aliphatic heterocycles. The number of hydrogen-bond donors (Lipinski definition) is 0. The normalized spacial score (nSPS) is 8.19. The van der Waals surface area contributed by atoms with Gasteiger partial charge in [0.2, 0.25) is 0 Å². The summed E-state index contributed by atoms with van der Waals surface area (Å²) in [6, 6.07) is 139. The van der Waals surface area contributed by atoms with Gasteiger partial charge in [-0.05, 0) is 158 Å². The van der Waals surface area contributed by atoms with Gasteiger partial charge < -0.3 is 0 Å². The fourth-order valence-corrected chi connectivity index (χ4v) is 11.5. The predicted octanol–water partition coefficient (Wildman–Crippen LogP) is 47.2. The Bertz CT molecular complexity index is 4760. The predicted molar refractivity (Wildman–Crippen MR) is 637 cm³/mol. The molecule has 0 aliphatic rings. The molecule has 15 aromatic carbocycles. The summed E-state index contributed by atoms with van der Waals surface area (Å²) in [6.07, 6.45) is 0. The van der Waals surface area contributed by atoms with Crippen molar-refractivity contribution in [3.8, 4) is 111 Å². The van der Waals surface area contributed by atoms with Gasteiger partial charge in [0.25, 0.3) is 0 Å². The van der Waals surface area contributed by atoms with Crippen molar-refractivity contribution in [1.82, 2.24) is 0 Å². The van der Waals surface area contributed by atoms with Gasteiger partial charge in [-0.3, -0.25) is 0 Å². The van der Waals surface area contributed by atoms with E-state index in [4.69, 9.17) is 0 Å². The molecule has 0 nitrogen and oxygen atoms in total. The Morgan fingerprint density at radius 3 is 0.407 bits per heavy atom. The minimum atomic E-state index is 1.26. The van der Waals surface area contributed by atoms with Crippen LogP contribution in [0.15, 0.2) is 394 Å². The third-order valence-electron chi connectivity index (χ3n) is 16.8. The van der Waals surface area contributed by atoms with Crippen LogP contribution in [0.25, 0.3) is 111 Å². The van der Waals surface area contributed by atoms with Crippen molar-refractivity contribution in [2.75, 3.05) is 0 Å². The van der Waals surface area contributed by atoms with E-state index in [1.54, 1.807) is 0 Å². The Labute approximate surface area is 839 Å². The highest BCUT2D eigenvalue weighted by Gasteiger charge is 2.08. The molecule has 15 aromatic rings. The van der Waals surface area contributed by atoms with E-state index in [1.165, 1.54) is 139 Å². The van der Waals surface area contributed by atoms with Crippen molar-refractivity contribution in [3.63, 3.8) is 0 Å². The minimum Gasteiger partial charge on any atom is -0.0683 e. The second-order valence-electron chi connectivity index (χ2n) is 24.0. The molecule has 0 heterocycles. The van der Waals surface area contributed by atoms with E-state index < -0.39 is 0 Å². The Morgan fingerprint density at radius 1 is 0.0815 bits per heavy atom. The summed E-state index contributed by atoms with van der Waals surface area (Å²) in [6.45, 7) is 90.6. The lowest BCUT2D eigenvalue weighted by Crippen LogP contribution is -1.84. The smallest absolute Gasteiger partial charge is 0.0105 e. The second kappa shape index (κ2) is 109. The molecule has 0 aromatic heterocycles. The van der Waals surface area contributed by atoms with Crippen molar-refractivity contribution < 1.29 is 0 Å². The Morgan fingerprint density at radius 2 is 0.200 bits per heavy atom. The third-order valence-corrected chi connectivity index (χ3v) is 16.8. The Balaban J connectivity index is -0.000000165. The fourth-order valence-electron chi connectivity index (χ4n) is 11.5. The van der Waals surface area contributed by atoms with E-state index in [-0.39, 0.29) is 0 Å². The van der Waals surface area contributed by atoms with E-state index in [9.17, 15) is 0 Å². The van der Waals surface area contributed by atoms with Crippen LogP contribution >= 0.6 is 0 Å². The minimum absolute atomic E-state index is 1.26. The molecule has 0 saturated carbocycles. The average Bonchev–Trinajstić information content (AvgIpc) is 0.814. The molecule has 0 atom stereocenters. The first-order valence-electron chi connectivity index (χ1n) is 52.8. The molecule has 0 N–H and O–H groups in total. The molecular formula is C135H200. The van der Waals surface area contributed by atoms with Crippen LogP contribution in [-0.4, -0.2) is 0 Å². The molecule has 0 unspecified atom stereocenters. The SMILES string of the molecule is CC.CC.CC.CC.CC.CC.CC.CC.CC.CC.CC.CC.CC.CC.CC.CC.CC.CC.CC.CC.Cc1ccc(-c2ccc(-c3ccccc3)cc2)cc1.Cc1ccc(-c2cccc(-c3ccccc3)c2)cc1.Cc1ccc(-c2ccccc2-c2ccccc2)cc1.Cc1cccc(-c2ccc(-c3ccccc3)cc2)c1.Cc1cccc(-c2cccc(-c3ccccc3)c2)c1. The highest BCUT2D eigenvalue weighted by Crippen LogP contribution is 2.34. The maximum Gasteiger partial charge on any atom is -0.0105 e. The number of hydrogen-bond acceptors (Lipinski definition) is 0. The summed E-state index contributed by atoms with van der Waals surface area (Å²) in [7, 11) is 0. The molecule has 0 amide bonds. The molecule has 0 bridgehead atoms. The number of rotatable bonds is 10. The van der Waals surface area contributed by atoms with Crippen molar-refractivity contribution in [2.24, 2.45) is 0 Å². The average molecular weight is 1820 g/mol. The molecule has 0 radical (unpaired) electrons. The summed E-state index contributed by atoms with van der Waals surface area (Å²) < 4.78 is 0. The zero-order valence-electron chi connectivity index (χ0n) is 95.0. The van der Waals surface area contributed by atoms with Gasteiger partial charge >= 0.3 is 0 Å². The lowest BCUT2D eigenvalue weighted by molar-refractivity contribution is 1.47. The second-order valence-corrected chi connectivity index (χ2v) is 24.0. The molecule has 740 valence electrons. The molecule has 0 saturated heterocycles. The standard InChI is InChI=1S/5C19H16.20C2H6/c1-15-7-5-10-17(13-15)19-12-6-11-18(14-19)16-8-3-2-4-9-16;1-15-6-5-9-19(14-15)18-12-10-17(11-13-18)16-7-3-2-4-8-16;1-15-11-13-17(14-12-15)19-10-6-5-9-18(19)16-7-3-2-4-8-16;1-15-10-12-17(13-11-15)19-9-5-8-18(14-19)16-6-3-2-4-7-16;1-15-7-9-17(10-8-15)19-13-11-18(12-14-19)16-5-3-2-4-6-16;20*1-2/h5*2-14H,1H3;20*1-2H3. The number of benzene rings is 15. The fraction of sp³-hybridized carbons (Fsp3) is 0.333. The van der Waals surface area contributed by atoms with E-state index >= 15 is 0 Å². The molecule has 0 aliphatic carbocycles. The van der Waals surface area contributed by atoms with Gasteiger partial charge in [-0.25, -0.2) is 0 Å². The van der Waals surface area contributed by atoms with Crippen LogP contribution in [0.3, 0.4) is 0 Å². The van der Waals surface area contributed by atoms with Crippen molar-refractivity contribution >= 4 is 0 Å². The van der Waals surface area contributed by atoms with Crippen LogP contribution in [0.4, 0.5) is 0 Å². The first-order valence-corrected chi connectivity index (χ1v) is 52.8. The first-order chi connectivity index (χ1) is 66.6. The zero-order chi connectivity index (χ0) is 105. The number of aryl methyl sites for hydroxylation is 5. The quantitative estimate of drug-likeness (QED) is 0.128. The molecule has 15 rings (SSSR count). The lowest BCUT2D eigenvalue weighted by Gasteiger charge is -2.10. The summed E-state index contributed by atoms with van der Waals surface area (Å²) >= 11 is 0. The van der Waals surface area contributed by atoms with E-state index in [2.05, 4.69) is 405 Å². The summed E-state index contributed by atoms with van der Waals surface area (Å²) in [5.41, 5.74) is 31.8. The van der Waals surface area contributed by atoms with Gasteiger partial charge in [-0.2, -0.15) is 0 Å². The molecular weight excluding hydrogens is 1620 g/mol. The first kappa shape index (κ1) is 144. The molecule has 0 fully saturated rings. The highest BCUT2D eigenvalue weighted by molar-refractivity contribution is 5.84. The van der Waals surface area contributed by atoms with Crippen LogP contribution in [0.1, 0.15) is 305 Å². The monoisotopic (exact) mass is 1820 g/mol. The van der Waals surface area contributed by atoms with Crippen molar-refractivity contribution in [3.05, 3.63) is 422 Å². The van der Waals surface area contributed by atoms with E-state index in [0.29, 0.717) is 0 Å². The van der Waals surface area contributed by atoms with E-state index in [1.807, 2.05) is 301 Å². The van der Waals surface area contributed by atoms with E-state index in [0.717, 1.165) is 0 Å². The third kappa shape index (κ3) is 61.8. The van der Waals surface area contributed by atoms with Crippen LogP contribution in [0, 0.1) is 34.6 Å².